The zero-order chi connectivity index (χ0) is 20.1. The lowest BCUT2D eigenvalue weighted by molar-refractivity contribution is -0.119. The normalized spacial score (nSPS) is 16.1. The van der Waals surface area contributed by atoms with Crippen LogP contribution < -0.4 is 5.32 Å². The maximum atomic E-state index is 12.7. The highest BCUT2D eigenvalue weighted by Crippen LogP contribution is 2.23. The molecule has 7 heteroatoms. The van der Waals surface area contributed by atoms with Crippen LogP contribution in [0, 0.1) is 0 Å². The van der Waals surface area contributed by atoms with Crippen LogP contribution in [-0.2, 0) is 4.79 Å². The minimum absolute atomic E-state index is 0.0219. The highest BCUT2D eigenvalue weighted by molar-refractivity contribution is 7.12. The van der Waals surface area contributed by atoms with Gasteiger partial charge in [0.05, 0.1) is 4.88 Å². The van der Waals surface area contributed by atoms with Crippen molar-refractivity contribution < 1.29 is 14.4 Å². The monoisotopic (exact) mass is 399 g/mol. The average Bonchev–Trinajstić information content (AvgIpc) is 3.41. The molecule has 0 radical (unpaired) electrons. The molecule has 1 aliphatic rings. The molecule has 1 unspecified atom stereocenters. The Morgan fingerprint density at radius 1 is 1.14 bits per heavy atom. The molecule has 0 spiro atoms. The molecule has 2 heterocycles. The summed E-state index contributed by atoms with van der Waals surface area (Å²) in [6.45, 7) is 5.79. The number of benzene rings is 1. The van der Waals surface area contributed by atoms with Gasteiger partial charge in [0.25, 0.3) is 11.8 Å². The minimum atomic E-state index is -0.466. The van der Waals surface area contributed by atoms with Gasteiger partial charge < -0.3 is 15.1 Å². The fourth-order valence-electron chi connectivity index (χ4n) is 3.44. The SMILES string of the molecule is CCN(CC)C(=O)c1ccc(NC(=O)C2CCCN2C(=O)c2cccs2)cc1. The third-order valence-corrected chi connectivity index (χ3v) is 5.86. The van der Waals surface area contributed by atoms with Gasteiger partial charge in [-0.2, -0.15) is 0 Å². The van der Waals surface area contributed by atoms with Crippen molar-refractivity contribution in [3.63, 3.8) is 0 Å². The number of hydrogen-bond acceptors (Lipinski definition) is 4. The topological polar surface area (TPSA) is 69.7 Å². The molecule has 1 fully saturated rings. The Morgan fingerprint density at radius 3 is 2.46 bits per heavy atom. The van der Waals surface area contributed by atoms with Gasteiger partial charge in [-0.15, -0.1) is 11.3 Å². The van der Waals surface area contributed by atoms with E-state index in [0.29, 0.717) is 42.2 Å². The van der Waals surface area contributed by atoms with Crippen molar-refractivity contribution in [1.29, 1.82) is 0 Å². The van der Waals surface area contributed by atoms with E-state index in [1.54, 1.807) is 40.1 Å². The Balaban J connectivity index is 1.65. The van der Waals surface area contributed by atoms with Crippen molar-refractivity contribution in [2.45, 2.75) is 32.7 Å². The third-order valence-electron chi connectivity index (χ3n) is 5.00. The van der Waals surface area contributed by atoms with Crippen molar-refractivity contribution >= 4 is 34.7 Å². The van der Waals surface area contributed by atoms with Crippen molar-refractivity contribution in [2.24, 2.45) is 0 Å². The predicted molar refractivity (Wildman–Crippen MR) is 111 cm³/mol. The van der Waals surface area contributed by atoms with E-state index >= 15 is 0 Å². The number of carbonyl (C=O) groups excluding carboxylic acids is 3. The Bertz CT molecular complexity index is 829. The summed E-state index contributed by atoms with van der Waals surface area (Å²) in [5.74, 6) is -0.301. The van der Waals surface area contributed by atoms with Crippen LogP contribution in [0.1, 0.15) is 46.7 Å². The highest BCUT2D eigenvalue weighted by Gasteiger charge is 2.34. The van der Waals surface area contributed by atoms with Crippen molar-refractivity contribution in [2.75, 3.05) is 25.0 Å². The van der Waals surface area contributed by atoms with Gasteiger partial charge in [0.2, 0.25) is 5.91 Å². The zero-order valence-corrected chi connectivity index (χ0v) is 17.0. The number of likely N-dealkylation sites (tertiary alicyclic amines) is 1. The molecule has 1 aromatic heterocycles. The summed E-state index contributed by atoms with van der Waals surface area (Å²) in [6.07, 6.45) is 1.47. The molecule has 0 saturated carbocycles. The van der Waals surface area contributed by atoms with Crippen LogP contribution >= 0.6 is 11.3 Å². The van der Waals surface area contributed by atoms with Crippen LogP contribution in [0.2, 0.25) is 0 Å². The molecule has 2 aromatic rings. The molecule has 6 nitrogen and oxygen atoms in total. The first-order valence-corrected chi connectivity index (χ1v) is 10.5. The molecule has 1 aromatic carbocycles. The van der Waals surface area contributed by atoms with Gasteiger partial charge in [-0.3, -0.25) is 14.4 Å². The summed E-state index contributed by atoms with van der Waals surface area (Å²) in [5.41, 5.74) is 1.22. The van der Waals surface area contributed by atoms with E-state index < -0.39 is 6.04 Å². The van der Waals surface area contributed by atoms with Gasteiger partial charge >= 0.3 is 0 Å². The summed E-state index contributed by atoms with van der Waals surface area (Å²) in [5, 5.41) is 4.74. The average molecular weight is 400 g/mol. The molecule has 148 valence electrons. The second-order valence-electron chi connectivity index (χ2n) is 6.68. The molecule has 3 amide bonds. The lowest BCUT2D eigenvalue weighted by atomic mass is 10.1. The van der Waals surface area contributed by atoms with Crippen LogP contribution in [0.4, 0.5) is 5.69 Å². The molecule has 0 bridgehead atoms. The Labute approximate surface area is 169 Å². The van der Waals surface area contributed by atoms with E-state index in [1.165, 1.54) is 11.3 Å². The van der Waals surface area contributed by atoms with E-state index in [2.05, 4.69) is 5.32 Å². The van der Waals surface area contributed by atoms with Gasteiger partial charge in [0.15, 0.2) is 0 Å². The van der Waals surface area contributed by atoms with E-state index in [9.17, 15) is 14.4 Å². The number of anilines is 1. The number of nitrogens with one attached hydrogen (secondary N) is 1. The molecule has 1 atom stereocenters. The number of nitrogens with zero attached hydrogens (tertiary/aromatic N) is 2. The summed E-state index contributed by atoms with van der Waals surface area (Å²) >= 11 is 1.39. The maximum absolute atomic E-state index is 12.7. The predicted octanol–water partition coefficient (Wildman–Crippen LogP) is 3.47. The Morgan fingerprint density at radius 2 is 1.86 bits per heavy atom. The molecule has 0 aliphatic carbocycles. The van der Waals surface area contributed by atoms with Crippen molar-refractivity contribution in [1.82, 2.24) is 9.80 Å². The number of amides is 3. The number of carbonyl (C=O) groups is 3. The second-order valence-corrected chi connectivity index (χ2v) is 7.63. The fourth-order valence-corrected chi connectivity index (χ4v) is 4.12. The van der Waals surface area contributed by atoms with Crippen LogP contribution in [0.5, 0.6) is 0 Å². The van der Waals surface area contributed by atoms with E-state index in [4.69, 9.17) is 0 Å². The van der Waals surface area contributed by atoms with E-state index in [0.717, 1.165) is 6.42 Å². The van der Waals surface area contributed by atoms with Crippen LogP contribution in [0.15, 0.2) is 41.8 Å². The minimum Gasteiger partial charge on any atom is -0.339 e. The molecule has 3 rings (SSSR count). The zero-order valence-electron chi connectivity index (χ0n) is 16.2. The van der Waals surface area contributed by atoms with Gasteiger partial charge in [0, 0.05) is 30.9 Å². The first-order chi connectivity index (χ1) is 13.5. The molecular weight excluding hydrogens is 374 g/mol. The number of hydrogen-bond donors (Lipinski definition) is 1. The maximum Gasteiger partial charge on any atom is 0.264 e. The van der Waals surface area contributed by atoms with E-state index in [1.807, 2.05) is 25.3 Å². The quantitative estimate of drug-likeness (QED) is 0.809. The summed E-state index contributed by atoms with van der Waals surface area (Å²) in [4.78, 5) is 41.8. The lowest BCUT2D eigenvalue weighted by Crippen LogP contribution is -2.42. The smallest absolute Gasteiger partial charge is 0.264 e. The van der Waals surface area contributed by atoms with Gasteiger partial charge in [0.1, 0.15) is 6.04 Å². The highest BCUT2D eigenvalue weighted by atomic mass is 32.1. The van der Waals surface area contributed by atoms with Crippen LogP contribution in [-0.4, -0.2) is 53.2 Å². The number of rotatable bonds is 6. The first kappa shape index (κ1) is 20.1. The third kappa shape index (κ3) is 4.25. The van der Waals surface area contributed by atoms with Crippen molar-refractivity contribution in [3.05, 3.63) is 52.2 Å². The molecular formula is C21H25N3O3S. The van der Waals surface area contributed by atoms with Gasteiger partial charge in [-0.05, 0) is 62.4 Å². The fraction of sp³-hybridized carbons (Fsp3) is 0.381. The standard InChI is InChI=1S/C21H25N3O3S/c1-3-23(4-2)20(26)15-9-11-16(12-10-15)22-19(25)17-7-5-13-24(17)21(27)18-8-6-14-28-18/h6,8-12,14,17H,3-5,7,13H2,1-2H3,(H,22,25). The molecule has 1 N–H and O–H groups in total. The Hall–Kier alpha value is -2.67. The van der Waals surface area contributed by atoms with Crippen LogP contribution in [0.25, 0.3) is 0 Å². The lowest BCUT2D eigenvalue weighted by Gasteiger charge is -2.23. The van der Waals surface area contributed by atoms with Crippen molar-refractivity contribution in [3.8, 4) is 0 Å². The first-order valence-electron chi connectivity index (χ1n) is 9.59. The van der Waals surface area contributed by atoms with Gasteiger partial charge in [-0.1, -0.05) is 6.07 Å². The second kappa shape index (κ2) is 9.01. The van der Waals surface area contributed by atoms with E-state index in [-0.39, 0.29) is 17.7 Å². The molecule has 1 saturated heterocycles. The summed E-state index contributed by atoms with van der Waals surface area (Å²) in [7, 11) is 0. The number of thiophene rings is 1. The summed E-state index contributed by atoms with van der Waals surface area (Å²) < 4.78 is 0. The van der Waals surface area contributed by atoms with Crippen LogP contribution in [0.3, 0.4) is 0 Å². The Kier molecular flexibility index (Phi) is 6.46. The summed E-state index contributed by atoms with van der Waals surface area (Å²) in [6, 6.07) is 10.1. The van der Waals surface area contributed by atoms with Gasteiger partial charge in [-0.25, -0.2) is 0 Å². The largest absolute Gasteiger partial charge is 0.339 e. The molecule has 1 aliphatic heterocycles. The molecule has 28 heavy (non-hydrogen) atoms.